The fourth-order valence-electron chi connectivity index (χ4n) is 2.38. The van der Waals surface area contributed by atoms with Gasteiger partial charge in [-0.15, -0.1) is 0 Å². The van der Waals surface area contributed by atoms with Crippen molar-refractivity contribution >= 4 is 16.1 Å². The lowest BCUT2D eigenvalue weighted by atomic mass is 10.2. The molecule has 1 aliphatic rings. The van der Waals surface area contributed by atoms with Gasteiger partial charge in [-0.25, -0.2) is 17.9 Å². The lowest BCUT2D eigenvalue weighted by Crippen LogP contribution is -2.43. The molecule has 2 rings (SSSR count). The quantitative estimate of drug-likeness (QED) is 0.832. The van der Waals surface area contributed by atoms with E-state index in [1.54, 1.807) is 12.1 Å². The highest BCUT2D eigenvalue weighted by atomic mass is 32.2. The zero-order chi connectivity index (χ0) is 17.6. The number of ether oxygens (including phenoxy) is 2. The second kappa shape index (κ2) is 8.46. The Labute approximate surface area is 143 Å². The third-order valence-electron chi connectivity index (χ3n) is 3.84. The predicted octanol–water partition coefficient (Wildman–Crippen LogP) is 1.52. The molecule has 1 atom stereocenters. The third-order valence-corrected chi connectivity index (χ3v) is 5.17. The summed E-state index contributed by atoms with van der Waals surface area (Å²) >= 11 is 0. The number of morpholine rings is 1. The topological polar surface area (TPSA) is 84.9 Å². The zero-order valence-electron chi connectivity index (χ0n) is 14.0. The van der Waals surface area contributed by atoms with Gasteiger partial charge in [0.15, 0.2) is 0 Å². The van der Waals surface area contributed by atoms with E-state index in [9.17, 15) is 13.2 Å². The number of hydrogen-bond acceptors (Lipinski definition) is 6. The number of hydrogen-bond donors (Lipinski definition) is 1. The number of nitrogens with zero attached hydrogens (tertiary/aromatic N) is 1. The van der Waals surface area contributed by atoms with Crippen molar-refractivity contribution in [3.05, 3.63) is 29.8 Å². The summed E-state index contributed by atoms with van der Waals surface area (Å²) in [5, 5.41) is 0. The first-order valence-electron chi connectivity index (χ1n) is 8.01. The number of benzene rings is 1. The van der Waals surface area contributed by atoms with Crippen LogP contribution in [0.4, 0.5) is 4.79 Å². The molecule has 0 radical (unpaired) electrons. The Hall–Kier alpha value is -1.64. The fourth-order valence-corrected chi connectivity index (χ4v) is 3.26. The van der Waals surface area contributed by atoms with Gasteiger partial charge >= 0.3 is 6.09 Å². The maximum absolute atomic E-state index is 12.2. The molecule has 8 heteroatoms. The number of rotatable bonds is 6. The molecule has 134 valence electrons. The second-order valence-electron chi connectivity index (χ2n) is 5.77. The van der Waals surface area contributed by atoms with E-state index < -0.39 is 16.1 Å². The molecule has 0 aliphatic carbocycles. The van der Waals surface area contributed by atoms with E-state index in [0.29, 0.717) is 26.2 Å². The molecule has 1 N–H and O–H groups in total. The van der Waals surface area contributed by atoms with Gasteiger partial charge in [-0.3, -0.25) is 4.90 Å². The summed E-state index contributed by atoms with van der Waals surface area (Å²) < 4.78 is 36.9. The molecule has 24 heavy (non-hydrogen) atoms. The molecule has 1 heterocycles. The van der Waals surface area contributed by atoms with Crippen LogP contribution in [0.5, 0.6) is 0 Å². The van der Waals surface area contributed by atoms with E-state index in [-0.39, 0.29) is 11.0 Å². The van der Waals surface area contributed by atoms with Crippen molar-refractivity contribution in [3.8, 4) is 0 Å². The average molecular weight is 356 g/mol. The van der Waals surface area contributed by atoms with E-state index >= 15 is 0 Å². The third kappa shape index (κ3) is 5.47. The van der Waals surface area contributed by atoms with Crippen LogP contribution in [0.1, 0.15) is 18.9 Å². The normalized spacial score (nSPS) is 17.2. The predicted molar refractivity (Wildman–Crippen MR) is 89.3 cm³/mol. The molecule has 0 aromatic heterocycles. The van der Waals surface area contributed by atoms with Gasteiger partial charge in [-0.2, -0.15) is 0 Å². The molecule has 7 nitrogen and oxygen atoms in total. The number of amides is 1. The Kier molecular flexibility index (Phi) is 6.59. The molecular weight excluding hydrogens is 332 g/mol. The molecule has 0 spiro atoms. The Morgan fingerprint density at radius 1 is 1.29 bits per heavy atom. The number of aryl methyl sites for hydroxylation is 1. The van der Waals surface area contributed by atoms with Crippen LogP contribution in [-0.4, -0.2) is 58.4 Å². The van der Waals surface area contributed by atoms with Crippen molar-refractivity contribution in [1.29, 1.82) is 0 Å². The van der Waals surface area contributed by atoms with E-state index in [0.717, 1.165) is 18.7 Å². The van der Waals surface area contributed by atoms with Gasteiger partial charge < -0.3 is 9.47 Å². The highest BCUT2D eigenvalue weighted by molar-refractivity contribution is 7.90. The van der Waals surface area contributed by atoms with Gasteiger partial charge in [0, 0.05) is 19.6 Å². The lowest BCUT2D eigenvalue weighted by Gasteiger charge is -2.29. The van der Waals surface area contributed by atoms with Gasteiger partial charge in [0.05, 0.1) is 18.1 Å². The van der Waals surface area contributed by atoms with Gasteiger partial charge in [0.25, 0.3) is 10.0 Å². The van der Waals surface area contributed by atoms with Crippen molar-refractivity contribution in [1.82, 2.24) is 9.62 Å². The van der Waals surface area contributed by atoms with Gasteiger partial charge in [-0.05, 0) is 25.5 Å². The Balaban J connectivity index is 1.91. The van der Waals surface area contributed by atoms with Gasteiger partial charge in [0.2, 0.25) is 0 Å². The van der Waals surface area contributed by atoms with Crippen molar-refractivity contribution in [2.24, 2.45) is 0 Å². The zero-order valence-corrected chi connectivity index (χ0v) is 14.8. The average Bonchev–Trinajstić information content (AvgIpc) is 2.55. The summed E-state index contributed by atoms with van der Waals surface area (Å²) in [6, 6.07) is 6.26. The van der Waals surface area contributed by atoms with Crippen LogP contribution in [0.2, 0.25) is 0 Å². The van der Waals surface area contributed by atoms with E-state index in [1.807, 2.05) is 18.6 Å². The minimum atomic E-state index is -3.92. The molecule has 1 unspecified atom stereocenters. The second-order valence-corrected chi connectivity index (χ2v) is 7.45. The number of carbonyl (C=O) groups excluding carboxylic acids is 1. The molecule has 1 amide bonds. The van der Waals surface area contributed by atoms with Gasteiger partial charge in [-0.1, -0.05) is 24.6 Å². The standard InChI is InChI=1S/C16H24N2O5S/c1-3-14(12-18-8-10-22-11-9-18)23-16(19)17-24(20,21)15-6-4-13(2)5-7-15/h4-7,14H,3,8-12H2,1-2H3,(H,17,19). The molecule has 0 bridgehead atoms. The Morgan fingerprint density at radius 2 is 1.92 bits per heavy atom. The molecule has 1 fully saturated rings. The van der Waals surface area contributed by atoms with Crippen molar-refractivity contribution in [2.75, 3.05) is 32.8 Å². The monoisotopic (exact) mass is 356 g/mol. The van der Waals surface area contributed by atoms with E-state index in [1.165, 1.54) is 12.1 Å². The molecule has 1 aromatic carbocycles. The van der Waals surface area contributed by atoms with Crippen LogP contribution in [0, 0.1) is 6.92 Å². The van der Waals surface area contributed by atoms with Crippen LogP contribution in [0.3, 0.4) is 0 Å². The fraction of sp³-hybridized carbons (Fsp3) is 0.562. The first kappa shape index (κ1) is 18.7. The van der Waals surface area contributed by atoms with Crippen molar-refractivity contribution < 1.29 is 22.7 Å². The largest absolute Gasteiger partial charge is 0.444 e. The number of sulfonamides is 1. The Bertz CT molecular complexity index is 639. The lowest BCUT2D eigenvalue weighted by molar-refractivity contribution is 0.00904. The summed E-state index contributed by atoms with van der Waals surface area (Å²) in [4.78, 5) is 14.1. The maximum Gasteiger partial charge on any atom is 0.421 e. The molecule has 1 aliphatic heterocycles. The van der Waals surface area contributed by atoms with Gasteiger partial charge in [0.1, 0.15) is 6.10 Å². The van der Waals surface area contributed by atoms with E-state index in [4.69, 9.17) is 9.47 Å². The van der Waals surface area contributed by atoms with Crippen LogP contribution >= 0.6 is 0 Å². The minimum absolute atomic E-state index is 0.0336. The summed E-state index contributed by atoms with van der Waals surface area (Å²) in [6.45, 7) is 7.20. The number of carbonyl (C=O) groups is 1. The summed E-state index contributed by atoms with van der Waals surface area (Å²) in [5.74, 6) is 0. The highest BCUT2D eigenvalue weighted by Gasteiger charge is 2.23. The van der Waals surface area contributed by atoms with Crippen LogP contribution in [-0.2, 0) is 19.5 Å². The summed E-state index contributed by atoms with van der Waals surface area (Å²) in [7, 11) is -3.92. The maximum atomic E-state index is 12.2. The summed E-state index contributed by atoms with van der Waals surface area (Å²) in [5.41, 5.74) is 0.938. The minimum Gasteiger partial charge on any atom is -0.444 e. The van der Waals surface area contributed by atoms with Crippen LogP contribution < -0.4 is 4.72 Å². The SMILES string of the molecule is CCC(CN1CCOCC1)OC(=O)NS(=O)(=O)c1ccc(C)cc1. The molecule has 1 aromatic rings. The first-order valence-corrected chi connectivity index (χ1v) is 9.49. The highest BCUT2D eigenvalue weighted by Crippen LogP contribution is 2.11. The number of nitrogens with one attached hydrogen (secondary N) is 1. The Morgan fingerprint density at radius 3 is 2.50 bits per heavy atom. The summed E-state index contributed by atoms with van der Waals surface area (Å²) in [6.07, 6.45) is -0.706. The van der Waals surface area contributed by atoms with Crippen molar-refractivity contribution in [3.63, 3.8) is 0 Å². The first-order chi connectivity index (χ1) is 11.4. The molecule has 1 saturated heterocycles. The van der Waals surface area contributed by atoms with E-state index in [2.05, 4.69) is 4.90 Å². The van der Waals surface area contributed by atoms with Crippen LogP contribution in [0.25, 0.3) is 0 Å². The smallest absolute Gasteiger partial charge is 0.421 e. The van der Waals surface area contributed by atoms with Crippen molar-refractivity contribution in [2.45, 2.75) is 31.3 Å². The molecule has 0 saturated carbocycles. The molecular formula is C16H24N2O5S. The van der Waals surface area contributed by atoms with Crippen LogP contribution in [0.15, 0.2) is 29.2 Å².